The van der Waals surface area contributed by atoms with Crippen LogP contribution in [0.4, 0.5) is 0 Å². The van der Waals surface area contributed by atoms with E-state index in [2.05, 4.69) is 29.1 Å². The molecule has 4 heteroatoms. The molecule has 0 aromatic carbocycles. The highest BCUT2D eigenvalue weighted by molar-refractivity contribution is 7.99. The van der Waals surface area contributed by atoms with Gasteiger partial charge in [-0.3, -0.25) is 0 Å². The maximum atomic E-state index is 4.46. The normalized spacial score (nSPS) is 26.6. The average molecular weight is 293 g/mol. The van der Waals surface area contributed by atoms with Gasteiger partial charge in [0.2, 0.25) is 0 Å². The second-order valence-corrected chi connectivity index (χ2v) is 7.04. The van der Waals surface area contributed by atoms with Crippen molar-refractivity contribution >= 4 is 11.8 Å². The number of aryl methyl sites for hydroxylation is 1. The second-order valence-electron chi connectivity index (χ2n) is 5.83. The van der Waals surface area contributed by atoms with Crippen LogP contribution >= 0.6 is 11.8 Å². The van der Waals surface area contributed by atoms with Gasteiger partial charge in [0, 0.05) is 23.7 Å². The van der Waals surface area contributed by atoms with Crippen LogP contribution in [0, 0.1) is 12.8 Å². The number of nitrogens with zero attached hydrogens (tertiary/aromatic N) is 2. The van der Waals surface area contributed by atoms with Gasteiger partial charge in [0.05, 0.1) is 0 Å². The minimum Gasteiger partial charge on any atom is -0.313 e. The highest BCUT2D eigenvalue weighted by Gasteiger charge is 2.30. The summed E-state index contributed by atoms with van der Waals surface area (Å²) in [5, 5.41) is 5.20. The Morgan fingerprint density at radius 2 is 2.00 bits per heavy atom. The van der Waals surface area contributed by atoms with Gasteiger partial charge in [0.1, 0.15) is 0 Å². The van der Waals surface area contributed by atoms with Crippen molar-refractivity contribution in [3.8, 4) is 0 Å². The zero-order valence-corrected chi connectivity index (χ0v) is 13.7. The number of aromatic nitrogens is 2. The molecular weight excluding hydrogens is 266 g/mol. The molecule has 112 valence electrons. The largest absolute Gasteiger partial charge is 0.313 e. The third kappa shape index (κ3) is 4.45. The Bertz CT molecular complexity index is 393. The number of thioether (sulfide) groups is 1. The van der Waals surface area contributed by atoms with Gasteiger partial charge in [0.15, 0.2) is 5.16 Å². The van der Waals surface area contributed by atoms with E-state index < -0.39 is 0 Å². The fraction of sp³-hybridized carbons (Fsp3) is 0.750. The number of hydrogen-bond acceptors (Lipinski definition) is 4. The van der Waals surface area contributed by atoms with Crippen LogP contribution < -0.4 is 5.32 Å². The average Bonchev–Trinajstić information content (AvgIpc) is 2.45. The SMILES string of the molecule is CCCC1CCC(NCC)C(Sc2ncc(C)cn2)C1. The molecule has 1 saturated carbocycles. The summed E-state index contributed by atoms with van der Waals surface area (Å²) < 4.78 is 0. The number of rotatable bonds is 6. The van der Waals surface area contributed by atoms with Gasteiger partial charge in [-0.2, -0.15) is 0 Å². The van der Waals surface area contributed by atoms with Gasteiger partial charge in [-0.1, -0.05) is 38.5 Å². The highest BCUT2D eigenvalue weighted by Crippen LogP contribution is 2.36. The molecule has 0 saturated heterocycles. The summed E-state index contributed by atoms with van der Waals surface area (Å²) in [5.41, 5.74) is 1.13. The first-order valence-corrected chi connectivity index (χ1v) is 8.79. The van der Waals surface area contributed by atoms with Gasteiger partial charge in [0.25, 0.3) is 0 Å². The van der Waals surface area contributed by atoms with Crippen LogP contribution in [0.1, 0.15) is 51.5 Å². The van der Waals surface area contributed by atoms with Crippen LogP contribution in [0.3, 0.4) is 0 Å². The summed E-state index contributed by atoms with van der Waals surface area (Å²) in [6, 6.07) is 0.614. The van der Waals surface area contributed by atoms with E-state index in [-0.39, 0.29) is 0 Å². The molecule has 1 aromatic heterocycles. The van der Waals surface area contributed by atoms with E-state index in [4.69, 9.17) is 0 Å². The van der Waals surface area contributed by atoms with Crippen molar-refractivity contribution in [1.82, 2.24) is 15.3 Å². The molecule has 1 aromatic rings. The Morgan fingerprint density at radius 1 is 1.25 bits per heavy atom. The minimum atomic E-state index is 0.614. The summed E-state index contributed by atoms with van der Waals surface area (Å²) in [4.78, 5) is 8.92. The maximum absolute atomic E-state index is 4.46. The molecule has 1 aliphatic carbocycles. The lowest BCUT2D eigenvalue weighted by atomic mass is 9.83. The third-order valence-corrected chi connectivity index (χ3v) is 5.32. The van der Waals surface area contributed by atoms with Crippen LogP contribution in [0.15, 0.2) is 17.6 Å². The topological polar surface area (TPSA) is 37.8 Å². The Labute approximate surface area is 127 Å². The van der Waals surface area contributed by atoms with Crippen molar-refractivity contribution in [3.63, 3.8) is 0 Å². The lowest BCUT2D eigenvalue weighted by molar-refractivity contribution is 0.289. The Balaban J connectivity index is 2.00. The first-order chi connectivity index (χ1) is 9.72. The first kappa shape index (κ1) is 15.8. The van der Waals surface area contributed by atoms with E-state index in [1.807, 2.05) is 31.1 Å². The fourth-order valence-electron chi connectivity index (χ4n) is 3.09. The zero-order valence-electron chi connectivity index (χ0n) is 12.9. The monoisotopic (exact) mass is 293 g/mol. The van der Waals surface area contributed by atoms with Crippen molar-refractivity contribution in [1.29, 1.82) is 0 Å². The van der Waals surface area contributed by atoms with Gasteiger partial charge < -0.3 is 5.32 Å². The molecule has 3 atom stereocenters. The van der Waals surface area contributed by atoms with Crippen molar-refractivity contribution < 1.29 is 0 Å². The van der Waals surface area contributed by atoms with Gasteiger partial charge in [-0.15, -0.1) is 0 Å². The predicted octanol–water partition coefficient (Wildman–Crippen LogP) is 3.82. The van der Waals surface area contributed by atoms with Crippen molar-refractivity contribution in [2.45, 2.75) is 69.3 Å². The first-order valence-electron chi connectivity index (χ1n) is 7.91. The smallest absolute Gasteiger partial charge is 0.187 e. The van der Waals surface area contributed by atoms with E-state index in [1.54, 1.807) is 0 Å². The molecule has 1 heterocycles. The van der Waals surface area contributed by atoms with Crippen molar-refractivity contribution in [3.05, 3.63) is 18.0 Å². The molecule has 0 aliphatic heterocycles. The minimum absolute atomic E-state index is 0.614. The number of nitrogens with one attached hydrogen (secondary N) is 1. The van der Waals surface area contributed by atoms with Crippen molar-refractivity contribution in [2.24, 2.45) is 5.92 Å². The van der Waals surface area contributed by atoms with Crippen LogP contribution in [0.25, 0.3) is 0 Å². The van der Waals surface area contributed by atoms with Crippen LogP contribution in [-0.2, 0) is 0 Å². The molecule has 20 heavy (non-hydrogen) atoms. The lowest BCUT2D eigenvalue weighted by Crippen LogP contribution is -2.42. The molecule has 0 amide bonds. The van der Waals surface area contributed by atoms with Gasteiger partial charge in [-0.25, -0.2) is 9.97 Å². The molecule has 3 nitrogen and oxygen atoms in total. The molecule has 2 rings (SSSR count). The molecule has 0 spiro atoms. The predicted molar refractivity (Wildman–Crippen MR) is 86.1 cm³/mol. The van der Waals surface area contributed by atoms with E-state index in [0.717, 1.165) is 23.2 Å². The molecule has 3 unspecified atom stereocenters. The molecule has 1 N–H and O–H groups in total. The van der Waals surface area contributed by atoms with Crippen molar-refractivity contribution in [2.75, 3.05) is 6.54 Å². The quantitative estimate of drug-likeness (QED) is 0.809. The van der Waals surface area contributed by atoms with Crippen LogP contribution in [0.5, 0.6) is 0 Å². The standard InChI is InChI=1S/C16H27N3S/c1-4-6-13-7-8-14(17-5-2)15(9-13)20-16-18-10-12(3)11-19-16/h10-11,13-15,17H,4-9H2,1-3H3. The van der Waals surface area contributed by atoms with E-state index in [1.165, 1.54) is 32.1 Å². The summed E-state index contributed by atoms with van der Waals surface area (Å²) >= 11 is 1.87. The Hall–Kier alpha value is -0.610. The summed E-state index contributed by atoms with van der Waals surface area (Å²) in [6.45, 7) is 7.58. The summed E-state index contributed by atoms with van der Waals surface area (Å²) in [6.07, 6.45) is 10.5. The van der Waals surface area contributed by atoms with Gasteiger partial charge >= 0.3 is 0 Å². The maximum Gasteiger partial charge on any atom is 0.187 e. The van der Waals surface area contributed by atoms with E-state index in [0.29, 0.717) is 11.3 Å². The lowest BCUT2D eigenvalue weighted by Gasteiger charge is -2.35. The van der Waals surface area contributed by atoms with Crippen LogP contribution in [-0.4, -0.2) is 27.8 Å². The summed E-state index contributed by atoms with van der Waals surface area (Å²) in [7, 11) is 0. The third-order valence-electron chi connectivity index (χ3n) is 4.08. The molecule has 1 fully saturated rings. The highest BCUT2D eigenvalue weighted by atomic mass is 32.2. The molecular formula is C16H27N3S. The van der Waals surface area contributed by atoms with Gasteiger partial charge in [-0.05, 0) is 44.2 Å². The Morgan fingerprint density at radius 3 is 2.65 bits per heavy atom. The Kier molecular flexibility index (Phi) is 6.30. The zero-order chi connectivity index (χ0) is 14.4. The second kappa shape index (κ2) is 7.99. The molecule has 0 bridgehead atoms. The molecule has 0 radical (unpaired) electrons. The van der Waals surface area contributed by atoms with E-state index in [9.17, 15) is 0 Å². The fourth-order valence-corrected chi connectivity index (χ4v) is 4.35. The number of hydrogen-bond donors (Lipinski definition) is 1. The van der Waals surface area contributed by atoms with Crippen LogP contribution in [0.2, 0.25) is 0 Å². The molecule has 1 aliphatic rings. The van der Waals surface area contributed by atoms with E-state index >= 15 is 0 Å². The summed E-state index contributed by atoms with van der Waals surface area (Å²) in [5.74, 6) is 0.887.